The summed E-state index contributed by atoms with van der Waals surface area (Å²) in [4.78, 5) is 24.6. The topological polar surface area (TPSA) is 73.9 Å². The van der Waals surface area contributed by atoms with Crippen molar-refractivity contribution in [2.24, 2.45) is 5.92 Å². The number of carbonyl (C=O) groups is 2. The lowest BCUT2D eigenvalue weighted by atomic mass is 9.82. The molecule has 1 atom stereocenters. The van der Waals surface area contributed by atoms with Crippen molar-refractivity contribution >= 4 is 11.9 Å². The summed E-state index contributed by atoms with van der Waals surface area (Å²) in [5.74, 6) is 0.759. The van der Waals surface area contributed by atoms with E-state index >= 15 is 0 Å². The SMILES string of the molecule is COc1cc([C@H]2CC(=O)NC3=C2C(=O)OC3(C)C)ccc1OCC(C)C. The van der Waals surface area contributed by atoms with Crippen LogP contribution in [0.4, 0.5) is 0 Å². The molecule has 0 spiro atoms. The lowest BCUT2D eigenvalue weighted by Crippen LogP contribution is -2.38. The zero-order valence-corrected chi connectivity index (χ0v) is 15.8. The minimum Gasteiger partial charge on any atom is -0.493 e. The molecule has 1 N–H and O–H groups in total. The molecule has 1 amide bonds. The van der Waals surface area contributed by atoms with E-state index in [1.54, 1.807) is 21.0 Å². The molecule has 0 aliphatic carbocycles. The number of esters is 1. The van der Waals surface area contributed by atoms with Gasteiger partial charge in [-0.3, -0.25) is 4.79 Å². The summed E-state index contributed by atoms with van der Waals surface area (Å²) < 4.78 is 16.7. The van der Waals surface area contributed by atoms with Crippen molar-refractivity contribution in [3.63, 3.8) is 0 Å². The third-order valence-electron chi connectivity index (χ3n) is 4.60. The second-order valence-corrected chi connectivity index (χ2v) is 7.61. The van der Waals surface area contributed by atoms with Crippen LogP contribution in [-0.2, 0) is 14.3 Å². The maximum absolute atomic E-state index is 12.4. The Bertz CT molecular complexity index is 778. The quantitative estimate of drug-likeness (QED) is 0.818. The summed E-state index contributed by atoms with van der Waals surface area (Å²) in [5.41, 5.74) is 1.08. The van der Waals surface area contributed by atoms with Gasteiger partial charge >= 0.3 is 5.97 Å². The first-order chi connectivity index (χ1) is 12.2. The van der Waals surface area contributed by atoms with Crippen LogP contribution in [0.2, 0.25) is 0 Å². The summed E-state index contributed by atoms with van der Waals surface area (Å²) in [6.45, 7) is 8.28. The van der Waals surface area contributed by atoms with Crippen LogP contribution in [0.3, 0.4) is 0 Å². The third kappa shape index (κ3) is 3.28. The standard InChI is InChI=1S/C20H25NO5/c1-11(2)10-25-14-7-6-12(8-15(14)24-5)13-9-16(22)21-18-17(13)19(23)26-20(18,3)4/h6-8,11,13H,9-10H2,1-5H3,(H,21,22)/t13-/m1/s1. The highest BCUT2D eigenvalue weighted by Crippen LogP contribution is 2.44. The highest BCUT2D eigenvalue weighted by atomic mass is 16.6. The van der Waals surface area contributed by atoms with Gasteiger partial charge in [-0.2, -0.15) is 0 Å². The van der Waals surface area contributed by atoms with Gasteiger partial charge in [0.15, 0.2) is 11.5 Å². The van der Waals surface area contributed by atoms with Crippen molar-refractivity contribution in [2.45, 2.75) is 45.6 Å². The fraction of sp³-hybridized carbons (Fsp3) is 0.500. The minimum atomic E-state index is -0.828. The number of hydrogen-bond donors (Lipinski definition) is 1. The van der Waals surface area contributed by atoms with Crippen LogP contribution < -0.4 is 14.8 Å². The monoisotopic (exact) mass is 359 g/mol. The number of hydrogen-bond acceptors (Lipinski definition) is 5. The molecule has 0 radical (unpaired) electrons. The van der Waals surface area contributed by atoms with Gasteiger partial charge in [0.1, 0.15) is 5.60 Å². The number of amides is 1. The maximum Gasteiger partial charge on any atom is 0.337 e. The van der Waals surface area contributed by atoms with Crippen LogP contribution >= 0.6 is 0 Å². The maximum atomic E-state index is 12.4. The Morgan fingerprint density at radius 2 is 2.00 bits per heavy atom. The van der Waals surface area contributed by atoms with Crippen molar-refractivity contribution in [1.29, 1.82) is 0 Å². The van der Waals surface area contributed by atoms with E-state index in [0.717, 1.165) is 5.56 Å². The molecule has 2 aliphatic heterocycles. The zero-order valence-electron chi connectivity index (χ0n) is 15.8. The first-order valence-corrected chi connectivity index (χ1v) is 8.81. The molecule has 2 heterocycles. The second kappa shape index (κ2) is 6.67. The van der Waals surface area contributed by atoms with Crippen molar-refractivity contribution in [2.75, 3.05) is 13.7 Å². The molecule has 0 bridgehead atoms. The van der Waals surface area contributed by atoms with Gasteiger partial charge < -0.3 is 19.5 Å². The molecule has 1 aromatic rings. The van der Waals surface area contributed by atoms with E-state index in [1.165, 1.54) is 0 Å². The second-order valence-electron chi connectivity index (χ2n) is 7.61. The van der Waals surface area contributed by atoms with Gasteiger partial charge in [-0.1, -0.05) is 19.9 Å². The van der Waals surface area contributed by atoms with Gasteiger partial charge in [0.2, 0.25) is 5.91 Å². The fourth-order valence-corrected chi connectivity index (χ4v) is 3.34. The van der Waals surface area contributed by atoms with Gasteiger partial charge in [0.05, 0.1) is 25.0 Å². The molecular formula is C20H25NO5. The summed E-state index contributed by atoms with van der Waals surface area (Å²) in [6, 6.07) is 5.54. The van der Waals surface area contributed by atoms with E-state index in [4.69, 9.17) is 14.2 Å². The number of cyclic esters (lactones) is 1. The lowest BCUT2D eigenvalue weighted by molar-refractivity contribution is -0.144. The molecule has 0 fully saturated rings. The molecule has 0 unspecified atom stereocenters. The van der Waals surface area contributed by atoms with Crippen LogP contribution in [0.25, 0.3) is 0 Å². The van der Waals surface area contributed by atoms with Gasteiger partial charge in [-0.25, -0.2) is 4.79 Å². The predicted molar refractivity (Wildman–Crippen MR) is 96.0 cm³/mol. The molecule has 0 saturated heterocycles. The average molecular weight is 359 g/mol. The smallest absolute Gasteiger partial charge is 0.337 e. The van der Waals surface area contributed by atoms with E-state index in [2.05, 4.69) is 19.2 Å². The van der Waals surface area contributed by atoms with E-state index in [9.17, 15) is 9.59 Å². The highest BCUT2D eigenvalue weighted by Gasteiger charge is 2.47. The zero-order chi connectivity index (χ0) is 19.1. The molecule has 3 rings (SSSR count). The number of nitrogens with one attached hydrogen (secondary N) is 1. The lowest BCUT2D eigenvalue weighted by Gasteiger charge is -2.27. The van der Waals surface area contributed by atoms with Gasteiger partial charge in [-0.05, 0) is 37.5 Å². The van der Waals surface area contributed by atoms with Crippen molar-refractivity contribution < 1.29 is 23.8 Å². The van der Waals surface area contributed by atoms with E-state index in [1.807, 2.05) is 18.2 Å². The van der Waals surface area contributed by atoms with Crippen molar-refractivity contribution in [1.82, 2.24) is 5.32 Å². The van der Waals surface area contributed by atoms with Crippen molar-refractivity contribution in [3.8, 4) is 11.5 Å². The van der Waals surface area contributed by atoms with Crippen LogP contribution in [0.1, 0.15) is 45.6 Å². The molecule has 26 heavy (non-hydrogen) atoms. The number of ether oxygens (including phenoxy) is 3. The predicted octanol–water partition coefficient (Wildman–Crippen LogP) is 2.92. The summed E-state index contributed by atoms with van der Waals surface area (Å²) in [5, 5.41) is 2.81. The van der Waals surface area contributed by atoms with Gasteiger partial charge in [0.25, 0.3) is 0 Å². The molecule has 140 valence electrons. The fourth-order valence-electron chi connectivity index (χ4n) is 3.34. The number of benzene rings is 1. The highest BCUT2D eigenvalue weighted by molar-refractivity contribution is 5.99. The van der Waals surface area contributed by atoms with Crippen LogP contribution in [0, 0.1) is 5.92 Å². The van der Waals surface area contributed by atoms with E-state index < -0.39 is 5.60 Å². The van der Waals surface area contributed by atoms with Gasteiger partial charge in [-0.15, -0.1) is 0 Å². The summed E-state index contributed by atoms with van der Waals surface area (Å²) in [7, 11) is 1.58. The number of rotatable bonds is 5. The van der Waals surface area contributed by atoms with Gasteiger partial charge in [0, 0.05) is 12.3 Å². The molecule has 2 aliphatic rings. The van der Waals surface area contributed by atoms with Crippen LogP contribution in [0.5, 0.6) is 11.5 Å². The molecule has 6 heteroatoms. The van der Waals surface area contributed by atoms with E-state index in [-0.39, 0.29) is 24.2 Å². The Kier molecular flexibility index (Phi) is 4.69. The van der Waals surface area contributed by atoms with Crippen LogP contribution in [0.15, 0.2) is 29.5 Å². The van der Waals surface area contributed by atoms with Crippen LogP contribution in [-0.4, -0.2) is 31.2 Å². The van der Waals surface area contributed by atoms with Crippen molar-refractivity contribution in [3.05, 3.63) is 35.0 Å². The third-order valence-corrected chi connectivity index (χ3v) is 4.60. The molecule has 0 saturated carbocycles. The Labute approximate surface area is 153 Å². The largest absolute Gasteiger partial charge is 0.493 e. The Morgan fingerprint density at radius 3 is 2.65 bits per heavy atom. The summed E-state index contributed by atoms with van der Waals surface area (Å²) >= 11 is 0. The molecule has 1 aromatic carbocycles. The van der Waals surface area contributed by atoms with E-state index in [0.29, 0.717) is 35.3 Å². The normalized spacial score (nSPS) is 21.4. The summed E-state index contributed by atoms with van der Waals surface area (Å²) in [6.07, 6.45) is 0.194. The molecule has 6 nitrogen and oxygen atoms in total. The molecular weight excluding hydrogens is 334 g/mol. The Morgan fingerprint density at radius 1 is 1.27 bits per heavy atom. The number of carbonyl (C=O) groups excluding carboxylic acids is 2. The number of methoxy groups -OCH3 is 1. The first kappa shape index (κ1) is 18.3. The Balaban J connectivity index is 1.98. The average Bonchev–Trinajstić information content (AvgIpc) is 2.81. The Hall–Kier alpha value is -2.50. The minimum absolute atomic E-state index is 0.126. The molecule has 0 aromatic heterocycles. The first-order valence-electron chi connectivity index (χ1n) is 8.81.